The summed E-state index contributed by atoms with van der Waals surface area (Å²) in [6.45, 7) is 0.180. The normalized spacial score (nSPS) is 14.2. The standard InChI is InChI=1S/C10H10N4O3/c15-10(14-7-11-9(12-14)13-16)17-6-8-4-2-1-3-5-8/h2,4-5,7H,1,3,6H2. The van der Waals surface area contributed by atoms with Crippen LogP contribution >= 0.6 is 0 Å². The number of carbonyl (C=O) groups excluding carboxylic acids is 1. The summed E-state index contributed by atoms with van der Waals surface area (Å²) in [4.78, 5) is 25.0. The van der Waals surface area contributed by atoms with Gasteiger partial charge in [-0.1, -0.05) is 18.2 Å². The number of carbonyl (C=O) groups is 1. The summed E-state index contributed by atoms with van der Waals surface area (Å²) in [6, 6.07) is 0. The van der Waals surface area contributed by atoms with Crippen LogP contribution in [0.25, 0.3) is 0 Å². The summed E-state index contributed by atoms with van der Waals surface area (Å²) >= 11 is 0. The largest absolute Gasteiger partial charge is 0.443 e. The molecule has 1 aliphatic rings. The molecule has 88 valence electrons. The zero-order valence-corrected chi connectivity index (χ0v) is 8.94. The molecule has 1 heterocycles. The number of nitrogens with zero attached hydrogens (tertiary/aromatic N) is 4. The predicted molar refractivity (Wildman–Crippen MR) is 58.7 cm³/mol. The molecule has 17 heavy (non-hydrogen) atoms. The van der Waals surface area contributed by atoms with Gasteiger partial charge in [0.05, 0.1) is 0 Å². The molecular formula is C10H10N4O3. The molecule has 0 spiro atoms. The molecule has 0 saturated carbocycles. The van der Waals surface area contributed by atoms with Crippen molar-refractivity contribution in [2.45, 2.75) is 12.8 Å². The van der Waals surface area contributed by atoms with Crippen LogP contribution in [-0.2, 0) is 4.74 Å². The monoisotopic (exact) mass is 234 g/mol. The first-order valence-corrected chi connectivity index (χ1v) is 5.07. The molecule has 2 rings (SSSR count). The van der Waals surface area contributed by atoms with Crippen molar-refractivity contribution in [3.8, 4) is 0 Å². The van der Waals surface area contributed by atoms with Crippen molar-refractivity contribution < 1.29 is 9.53 Å². The zero-order valence-electron chi connectivity index (χ0n) is 8.94. The zero-order chi connectivity index (χ0) is 12.1. The highest BCUT2D eigenvalue weighted by atomic mass is 16.6. The highest BCUT2D eigenvalue weighted by Gasteiger charge is 2.10. The first kappa shape index (κ1) is 11.2. The lowest BCUT2D eigenvalue weighted by atomic mass is 10.1. The second kappa shape index (κ2) is 5.15. The minimum atomic E-state index is -0.688. The average molecular weight is 234 g/mol. The van der Waals surface area contributed by atoms with Crippen molar-refractivity contribution in [1.82, 2.24) is 14.8 Å². The SMILES string of the molecule is O=Nc1ncn(C(=O)OCC2=CCCC=C2)n1. The van der Waals surface area contributed by atoms with Gasteiger partial charge in [0.25, 0.3) is 0 Å². The number of ether oxygens (including phenoxy) is 1. The Morgan fingerprint density at radius 2 is 2.41 bits per heavy atom. The van der Waals surface area contributed by atoms with Crippen LogP contribution in [-0.4, -0.2) is 27.5 Å². The first-order chi connectivity index (χ1) is 8.29. The Morgan fingerprint density at radius 3 is 3.06 bits per heavy atom. The van der Waals surface area contributed by atoms with Crippen LogP contribution in [0.15, 0.2) is 35.3 Å². The van der Waals surface area contributed by atoms with Gasteiger partial charge in [-0.25, -0.2) is 4.79 Å². The number of rotatable bonds is 3. The smallest absolute Gasteiger partial charge is 0.436 e. The van der Waals surface area contributed by atoms with E-state index in [2.05, 4.69) is 15.3 Å². The maximum Gasteiger partial charge on any atom is 0.436 e. The molecule has 0 aromatic carbocycles. The summed E-state index contributed by atoms with van der Waals surface area (Å²) in [6.07, 6.45) is 8.30. The van der Waals surface area contributed by atoms with Gasteiger partial charge in [0.1, 0.15) is 12.9 Å². The van der Waals surface area contributed by atoms with Crippen LogP contribution in [0.1, 0.15) is 12.8 Å². The average Bonchev–Trinajstić information content (AvgIpc) is 2.86. The third-order valence-electron chi connectivity index (χ3n) is 2.18. The van der Waals surface area contributed by atoms with E-state index in [0.29, 0.717) is 0 Å². The van der Waals surface area contributed by atoms with Gasteiger partial charge in [0.15, 0.2) is 0 Å². The summed E-state index contributed by atoms with van der Waals surface area (Å²) in [7, 11) is 0. The molecule has 1 aromatic rings. The molecule has 1 aliphatic carbocycles. The van der Waals surface area contributed by atoms with Crippen LogP contribution < -0.4 is 0 Å². The molecule has 0 radical (unpaired) electrons. The minimum Gasteiger partial charge on any atom is -0.443 e. The third kappa shape index (κ3) is 2.83. The molecule has 7 nitrogen and oxygen atoms in total. The Morgan fingerprint density at radius 1 is 1.53 bits per heavy atom. The Hall–Kier alpha value is -2.31. The van der Waals surface area contributed by atoms with E-state index in [1.165, 1.54) is 0 Å². The van der Waals surface area contributed by atoms with Crippen molar-refractivity contribution in [3.05, 3.63) is 35.0 Å². The molecule has 0 atom stereocenters. The summed E-state index contributed by atoms with van der Waals surface area (Å²) < 4.78 is 5.82. The molecule has 0 fully saturated rings. The van der Waals surface area contributed by atoms with Crippen molar-refractivity contribution in [1.29, 1.82) is 0 Å². The van der Waals surface area contributed by atoms with Crippen molar-refractivity contribution in [2.75, 3.05) is 6.61 Å². The number of aromatic nitrogens is 3. The summed E-state index contributed by atoms with van der Waals surface area (Å²) in [5.41, 5.74) is 0.943. The topological polar surface area (TPSA) is 86.4 Å². The van der Waals surface area contributed by atoms with Gasteiger partial charge in [-0.3, -0.25) is 0 Å². The molecule has 7 heteroatoms. The highest BCUT2D eigenvalue weighted by Crippen LogP contribution is 2.10. The lowest BCUT2D eigenvalue weighted by Gasteiger charge is -2.07. The fourth-order valence-corrected chi connectivity index (χ4v) is 1.37. The van der Waals surface area contributed by atoms with Crippen LogP contribution in [0.5, 0.6) is 0 Å². The number of hydrogen-bond donors (Lipinski definition) is 0. The quantitative estimate of drug-likeness (QED) is 0.746. The molecule has 0 N–H and O–H groups in total. The van der Waals surface area contributed by atoms with Crippen molar-refractivity contribution in [2.24, 2.45) is 5.18 Å². The van der Waals surface area contributed by atoms with Gasteiger partial charge in [0, 0.05) is 5.18 Å². The van der Waals surface area contributed by atoms with Gasteiger partial charge >= 0.3 is 12.0 Å². The van der Waals surface area contributed by atoms with E-state index in [-0.39, 0.29) is 12.6 Å². The van der Waals surface area contributed by atoms with Gasteiger partial charge < -0.3 is 4.74 Å². The second-order valence-corrected chi connectivity index (χ2v) is 3.39. The summed E-state index contributed by atoms with van der Waals surface area (Å²) in [5.74, 6) is -0.293. The van der Waals surface area contributed by atoms with E-state index < -0.39 is 6.09 Å². The van der Waals surface area contributed by atoms with E-state index in [4.69, 9.17) is 4.74 Å². The molecule has 0 bridgehead atoms. The van der Waals surface area contributed by atoms with E-state index in [1.807, 2.05) is 18.2 Å². The van der Waals surface area contributed by atoms with Gasteiger partial charge in [0.2, 0.25) is 0 Å². The number of allylic oxidation sites excluding steroid dienone is 2. The maximum absolute atomic E-state index is 11.5. The second-order valence-electron chi connectivity index (χ2n) is 3.39. The Labute approximate surface area is 96.8 Å². The van der Waals surface area contributed by atoms with Crippen LogP contribution in [0.2, 0.25) is 0 Å². The van der Waals surface area contributed by atoms with Crippen LogP contribution in [0.4, 0.5) is 10.7 Å². The Kier molecular flexibility index (Phi) is 3.39. The van der Waals surface area contributed by atoms with Crippen molar-refractivity contribution >= 4 is 12.0 Å². The third-order valence-corrected chi connectivity index (χ3v) is 2.18. The fourth-order valence-electron chi connectivity index (χ4n) is 1.37. The van der Waals surface area contributed by atoms with Crippen LogP contribution in [0, 0.1) is 4.91 Å². The lowest BCUT2D eigenvalue weighted by molar-refractivity contribution is 0.154. The molecule has 0 saturated heterocycles. The molecule has 0 unspecified atom stereocenters. The van der Waals surface area contributed by atoms with Crippen molar-refractivity contribution in [3.63, 3.8) is 0 Å². The minimum absolute atomic E-state index is 0.180. The number of hydrogen-bond acceptors (Lipinski definition) is 6. The maximum atomic E-state index is 11.5. The van der Waals surface area contributed by atoms with Crippen LogP contribution in [0.3, 0.4) is 0 Å². The molecule has 0 aliphatic heterocycles. The predicted octanol–water partition coefficient (Wildman–Crippen LogP) is 1.94. The summed E-state index contributed by atoms with van der Waals surface area (Å²) in [5, 5.41) is 6.01. The van der Waals surface area contributed by atoms with E-state index >= 15 is 0 Å². The molecule has 0 amide bonds. The Balaban J connectivity index is 1.90. The van der Waals surface area contributed by atoms with E-state index in [9.17, 15) is 9.70 Å². The van der Waals surface area contributed by atoms with E-state index in [1.54, 1.807) is 0 Å². The molecular weight excluding hydrogens is 224 g/mol. The van der Waals surface area contributed by atoms with Gasteiger partial charge in [-0.05, 0) is 18.4 Å². The number of nitroso groups, excluding NO2 is 1. The first-order valence-electron chi connectivity index (χ1n) is 5.07. The van der Waals surface area contributed by atoms with Gasteiger partial charge in [-0.15, -0.1) is 10.0 Å². The lowest BCUT2D eigenvalue weighted by Crippen LogP contribution is -2.15. The Bertz CT molecular complexity index is 489. The van der Waals surface area contributed by atoms with E-state index in [0.717, 1.165) is 29.4 Å². The highest BCUT2D eigenvalue weighted by molar-refractivity contribution is 5.69. The molecule has 1 aromatic heterocycles. The van der Waals surface area contributed by atoms with Gasteiger partial charge in [-0.2, -0.15) is 9.67 Å². The fraction of sp³-hybridized carbons (Fsp3) is 0.300.